The fourth-order valence-electron chi connectivity index (χ4n) is 2.08. The summed E-state index contributed by atoms with van der Waals surface area (Å²) in [6.45, 7) is 1.50. The van der Waals surface area contributed by atoms with E-state index in [1.807, 2.05) is 24.1 Å². The molecule has 4 heteroatoms. The zero-order chi connectivity index (χ0) is 15.4. The first-order chi connectivity index (χ1) is 10.1. The van der Waals surface area contributed by atoms with Crippen LogP contribution in [0.2, 0.25) is 0 Å². The van der Waals surface area contributed by atoms with Gasteiger partial charge in [-0.05, 0) is 49.4 Å². The van der Waals surface area contributed by atoms with E-state index in [4.69, 9.17) is 10.5 Å². The van der Waals surface area contributed by atoms with Crippen LogP contribution in [-0.4, -0.2) is 12.8 Å². The number of nitrogens with zero attached hydrogens (tertiary/aromatic N) is 3. The highest BCUT2D eigenvalue weighted by Crippen LogP contribution is 2.28. The van der Waals surface area contributed by atoms with Crippen molar-refractivity contribution in [2.24, 2.45) is 0 Å². The summed E-state index contributed by atoms with van der Waals surface area (Å²) in [5, 5.41) is 17.8. The van der Waals surface area contributed by atoms with Gasteiger partial charge in [-0.25, -0.2) is 0 Å². The summed E-state index contributed by atoms with van der Waals surface area (Å²) in [5.41, 5.74) is 3.14. The molecule has 0 saturated heterocycles. The Labute approximate surface area is 123 Å². The lowest BCUT2D eigenvalue weighted by atomic mass is 10.0. The van der Waals surface area contributed by atoms with E-state index in [2.05, 4.69) is 12.1 Å². The van der Waals surface area contributed by atoms with Gasteiger partial charge in [0.25, 0.3) is 0 Å². The van der Waals surface area contributed by atoms with E-state index in [-0.39, 0.29) is 5.78 Å². The zero-order valence-corrected chi connectivity index (χ0v) is 11.8. The maximum Gasteiger partial charge on any atom is 0.161 e. The second kappa shape index (κ2) is 5.90. The van der Waals surface area contributed by atoms with E-state index in [1.54, 1.807) is 30.3 Å². The first-order valence-electron chi connectivity index (χ1n) is 6.36. The van der Waals surface area contributed by atoms with E-state index in [1.165, 1.54) is 6.92 Å². The van der Waals surface area contributed by atoms with E-state index < -0.39 is 0 Å². The molecule has 102 valence electrons. The Morgan fingerprint density at radius 3 is 2.10 bits per heavy atom. The smallest absolute Gasteiger partial charge is 0.161 e. The molecule has 0 aliphatic heterocycles. The number of anilines is 2. The van der Waals surface area contributed by atoms with Gasteiger partial charge in [0.05, 0.1) is 29.0 Å². The van der Waals surface area contributed by atoms with Crippen LogP contribution in [0.4, 0.5) is 11.4 Å². The average molecular weight is 275 g/mol. The number of carbonyl (C=O) groups is 1. The highest BCUT2D eigenvalue weighted by molar-refractivity contribution is 6.00. The second-order valence-electron chi connectivity index (χ2n) is 4.62. The Morgan fingerprint density at radius 1 is 1.00 bits per heavy atom. The maximum atomic E-state index is 11.7. The fraction of sp³-hybridized carbons (Fsp3) is 0.118. The summed E-state index contributed by atoms with van der Waals surface area (Å²) >= 11 is 0. The molecule has 0 aromatic heterocycles. The van der Waals surface area contributed by atoms with Gasteiger partial charge in [0.2, 0.25) is 0 Å². The Morgan fingerprint density at radius 2 is 1.57 bits per heavy atom. The third-order valence-electron chi connectivity index (χ3n) is 3.25. The minimum atomic E-state index is -0.0602. The lowest BCUT2D eigenvalue weighted by molar-refractivity contribution is 0.101. The van der Waals surface area contributed by atoms with Crippen LogP contribution in [-0.2, 0) is 0 Å². The van der Waals surface area contributed by atoms with Gasteiger partial charge in [0.15, 0.2) is 5.78 Å². The van der Waals surface area contributed by atoms with Crippen molar-refractivity contribution in [2.45, 2.75) is 6.92 Å². The third-order valence-corrected chi connectivity index (χ3v) is 3.25. The van der Waals surface area contributed by atoms with Crippen molar-refractivity contribution in [2.75, 3.05) is 11.9 Å². The molecule has 2 aromatic carbocycles. The van der Waals surface area contributed by atoms with Crippen LogP contribution in [0.15, 0.2) is 42.5 Å². The van der Waals surface area contributed by atoms with Crippen LogP contribution in [0.5, 0.6) is 0 Å². The molecule has 0 heterocycles. The lowest BCUT2D eigenvalue weighted by Gasteiger charge is -2.22. The van der Waals surface area contributed by atoms with E-state index in [0.29, 0.717) is 22.4 Å². The normalized spacial score (nSPS) is 9.52. The zero-order valence-electron chi connectivity index (χ0n) is 11.8. The van der Waals surface area contributed by atoms with Crippen molar-refractivity contribution in [3.8, 4) is 12.1 Å². The third kappa shape index (κ3) is 2.91. The monoisotopic (exact) mass is 275 g/mol. The van der Waals surface area contributed by atoms with Gasteiger partial charge in [0.1, 0.15) is 0 Å². The highest BCUT2D eigenvalue weighted by atomic mass is 16.1. The largest absolute Gasteiger partial charge is 0.344 e. The Kier molecular flexibility index (Phi) is 4.02. The second-order valence-corrected chi connectivity index (χ2v) is 4.62. The molecule has 0 N–H and O–H groups in total. The van der Waals surface area contributed by atoms with E-state index in [0.717, 1.165) is 5.69 Å². The van der Waals surface area contributed by atoms with Crippen molar-refractivity contribution >= 4 is 17.2 Å². The fourth-order valence-corrected chi connectivity index (χ4v) is 2.08. The Balaban J connectivity index is 2.50. The number of carbonyl (C=O) groups excluding carboxylic acids is 1. The number of benzene rings is 2. The molecule has 0 spiro atoms. The molecule has 0 aliphatic rings. The summed E-state index contributed by atoms with van der Waals surface area (Å²) in [7, 11) is 1.82. The molecule has 2 rings (SSSR count). The average Bonchev–Trinajstić information content (AvgIpc) is 2.53. The molecule has 0 radical (unpaired) electrons. The van der Waals surface area contributed by atoms with Crippen LogP contribution < -0.4 is 4.90 Å². The maximum absolute atomic E-state index is 11.7. The van der Waals surface area contributed by atoms with Crippen LogP contribution >= 0.6 is 0 Å². The van der Waals surface area contributed by atoms with Gasteiger partial charge in [-0.2, -0.15) is 10.5 Å². The summed E-state index contributed by atoms with van der Waals surface area (Å²) in [6.07, 6.45) is 0. The van der Waals surface area contributed by atoms with E-state index >= 15 is 0 Å². The minimum Gasteiger partial charge on any atom is -0.344 e. The minimum absolute atomic E-state index is 0.0602. The van der Waals surface area contributed by atoms with Gasteiger partial charge in [0, 0.05) is 18.3 Å². The highest BCUT2D eigenvalue weighted by Gasteiger charge is 2.13. The predicted molar refractivity (Wildman–Crippen MR) is 80.4 cm³/mol. The van der Waals surface area contributed by atoms with Gasteiger partial charge in [-0.1, -0.05) is 0 Å². The quantitative estimate of drug-likeness (QED) is 0.805. The van der Waals surface area contributed by atoms with Gasteiger partial charge < -0.3 is 4.90 Å². The van der Waals surface area contributed by atoms with E-state index in [9.17, 15) is 4.79 Å². The first-order valence-corrected chi connectivity index (χ1v) is 6.36. The topological polar surface area (TPSA) is 67.9 Å². The molecule has 0 bridgehead atoms. The van der Waals surface area contributed by atoms with Crippen molar-refractivity contribution in [3.63, 3.8) is 0 Å². The molecule has 0 amide bonds. The van der Waals surface area contributed by atoms with Crippen molar-refractivity contribution in [3.05, 3.63) is 59.2 Å². The molecule has 21 heavy (non-hydrogen) atoms. The molecule has 0 aliphatic carbocycles. The number of hydrogen-bond donors (Lipinski definition) is 0. The molecule has 2 aromatic rings. The Bertz CT molecular complexity index is 764. The molecule has 0 saturated carbocycles. The molecular weight excluding hydrogens is 262 g/mol. The van der Waals surface area contributed by atoms with Crippen molar-refractivity contribution in [1.29, 1.82) is 10.5 Å². The molecule has 0 fully saturated rings. The van der Waals surface area contributed by atoms with Crippen LogP contribution in [0, 0.1) is 22.7 Å². The number of nitriles is 2. The van der Waals surface area contributed by atoms with Gasteiger partial charge >= 0.3 is 0 Å². The molecule has 0 atom stereocenters. The standard InChI is InChI=1S/C17H13N3O/c1-12(21)16-8-5-14(11-19)9-17(16)20(2)15-6-3-13(10-18)4-7-15/h3-9H,1-2H3. The summed E-state index contributed by atoms with van der Waals surface area (Å²) < 4.78 is 0. The van der Waals surface area contributed by atoms with Crippen LogP contribution in [0.25, 0.3) is 0 Å². The Hall–Kier alpha value is -3.11. The van der Waals surface area contributed by atoms with Crippen LogP contribution in [0.1, 0.15) is 28.4 Å². The van der Waals surface area contributed by atoms with Crippen molar-refractivity contribution in [1.82, 2.24) is 0 Å². The number of hydrogen-bond acceptors (Lipinski definition) is 4. The van der Waals surface area contributed by atoms with Crippen LogP contribution in [0.3, 0.4) is 0 Å². The van der Waals surface area contributed by atoms with Gasteiger partial charge in [-0.15, -0.1) is 0 Å². The molecular formula is C17H13N3O. The predicted octanol–water partition coefficient (Wildman–Crippen LogP) is 3.40. The van der Waals surface area contributed by atoms with Crippen molar-refractivity contribution < 1.29 is 4.79 Å². The number of Topliss-reactive ketones (excluding diaryl/α,β-unsaturated/α-hetero) is 1. The first kappa shape index (κ1) is 14.3. The summed E-state index contributed by atoms with van der Waals surface area (Å²) in [4.78, 5) is 13.6. The lowest BCUT2D eigenvalue weighted by Crippen LogP contribution is -2.13. The van der Waals surface area contributed by atoms with Gasteiger partial charge in [-0.3, -0.25) is 4.79 Å². The number of rotatable bonds is 3. The summed E-state index contributed by atoms with van der Waals surface area (Å²) in [5.74, 6) is -0.0602. The molecule has 4 nitrogen and oxygen atoms in total. The summed E-state index contributed by atoms with van der Waals surface area (Å²) in [6, 6.07) is 16.2. The molecule has 0 unspecified atom stereocenters. The number of ketones is 1. The SMILES string of the molecule is CC(=O)c1ccc(C#N)cc1N(C)c1ccc(C#N)cc1.